The molecule has 1 aromatic rings. The topological polar surface area (TPSA) is 72.5 Å². The van der Waals surface area contributed by atoms with Crippen molar-refractivity contribution in [3.8, 4) is 0 Å². The Balaban J connectivity index is 1.50. The van der Waals surface area contributed by atoms with Gasteiger partial charge < -0.3 is 10.1 Å². The number of carbonyl (C=O) groups is 1. The van der Waals surface area contributed by atoms with Gasteiger partial charge in [0.25, 0.3) is 0 Å². The highest BCUT2D eigenvalue weighted by atomic mass is 32.2. The molecule has 2 saturated heterocycles. The number of alkyl carbamates (subject to hydrolysis) is 1. The average Bonchev–Trinajstić information content (AvgIpc) is 2.66. The molecule has 2 unspecified atom stereocenters. The standard InChI is InChI=1S/C15H19NO4S/c17-15(20-10-11-4-2-1-3-5-11)16-12-8-13-6-7-14(9-12)21(13,18)19/h1-5,12-14H,6-10H2,(H,16,17). The van der Waals surface area contributed by atoms with E-state index in [0.29, 0.717) is 12.8 Å². The first-order valence-electron chi connectivity index (χ1n) is 7.25. The minimum absolute atomic E-state index is 0.0886. The first-order valence-corrected chi connectivity index (χ1v) is 8.86. The van der Waals surface area contributed by atoms with Crippen LogP contribution in [0, 0.1) is 0 Å². The Kier molecular flexibility index (Phi) is 3.89. The number of sulfone groups is 1. The van der Waals surface area contributed by atoms with E-state index in [-0.39, 0.29) is 23.1 Å². The summed E-state index contributed by atoms with van der Waals surface area (Å²) >= 11 is 0. The van der Waals surface area contributed by atoms with Crippen LogP contribution in [0.15, 0.2) is 30.3 Å². The normalized spacial score (nSPS) is 29.8. The van der Waals surface area contributed by atoms with Crippen molar-refractivity contribution in [3.63, 3.8) is 0 Å². The fourth-order valence-corrected chi connectivity index (χ4v) is 5.73. The molecule has 2 bridgehead atoms. The maximum Gasteiger partial charge on any atom is 0.407 e. The van der Waals surface area contributed by atoms with E-state index in [1.807, 2.05) is 30.3 Å². The third-order valence-corrected chi connectivity index (χ3v) is 7.08. The van der Waals surface area contributed by atoms with Gasteiger partial charge in [-0.05, 0) is 31.2 Å². The van der Waals surface area contributed by atoms with Gasteiger partial charge in [0.05, 0.1) is 10.5 Å². The molecule has 114 valence electrons. The highest BCUT2D eigenvalue weighted by Gasteiger charge is 2.47. The molecule has 6 heteroatoms. The summed E-state index contributed by atoms with van der Waals surface area (Å²) in [4.78, 5) is 11.8. The minimum atomic E-state index is -2.95. The second-order valence-electron chi connectivity index (χ2n) is 5.78. The van der Waals surface area contributed by atoms with E-state index in [1.54, 1.807) is 0 Å². The predicted molar refractivity (Wildman–Crippen MR) is 78.5 cm³/mol. The van der Waals surface area contributed by atoms with Gasteiger partial charge in [0.1, 0.15) is 6.61 Å². The van der Waals surface area contributed by atoms with E-state index < -0.39 is 15.9 Å². The molecule has 21 heavy (non-hydrogen) atoms. The smallest absolute Gasteiger partial charge is 0.407 e. The number of carbonyl (C=O) groups excluding carboxylic acids is 1. The summed E-state index contributed by atoms with van der Waals surface area (Å²) in [5.74, 6) is 0. The molecule has 2 heterocycles. The lowest BCUT2D eigenvalue weighted by atomic mass is 10.1. The molecule has 1 N–H and O–H groups in total. The maximum absolute atomic E-state index is 12.0. The Morgan fingerprint density at radius 1 is 1.14 bits per heavy atom. The van der Waals surface area contributed by atoms with E-state index in [4.69, 9.17) is 4.74 Å². The van der Waals surface area contributed by atoms with Crippen LogP contribution in [0.4, 0.5) is 4.79 Å². The second kappa shape index (κ2) is 5.67. The molecular weight excluding hydrogens is 290 g/mol. The molecule has 1 amide bonds. The van der Waals surface area contributed by atoms with Crippen LogP contribution in [-0.4, -0.2) is 31.1 Å². The van der Waals surface area contributed by atoms with Gasteiger partial charge in [-0.2, -0.15) is 0 Å². The van der Waals surface area contributed by atoms with Crippen molar-refractivity contribution in [2.24, 2.45) is 0 Å². The molecule has 2 aliphatic rings. The second-order valence-corrected chi connectivity index (χ2v) is 8.30. The van der Waals surface area contributed by atoms with Crippen LogP contribution in [0.25, 0.3) is 0 Å². The van der Waals surface area contributed by atoms with Gasteiger partial charge >= 0.3 is 6.09 Å². The van der Waals surface area contributed by atoms with Gasteiger partial charge in [-0.1, -0.05) is 30.3 Å². The van der Waals surface area contributed by atoms with Gasteiger partial charge in [-0.15, -0.1) is 0 Å². The Bertz CT molecular complexity index is 594. The molecule has 3 rings (SSSR count). The molecule has 0 radical (unpaired) electrons. The highest BCUT2D eigenvalue weighted by Crippen LogP contribution is 2.38. The lowest BCUT2D eigenvalue weighted by molar-refractivity contribution is 0.134. The van der Waals surface area contributed by atoms with Crippen LogP contribution >= 0.6 is 0 Å². The van der Waals surface area contributed by atoms with Crippen LogP contribution in [-0.2, 0) is 21.2 Å². The largest absolute Gasteiger partial charge is 0.445 e. The third kappa shape index (κ3) is 3.05. The monoisotopic (exact) mass is 309 g/mol. The third-order valence-electron chi connectivity index (χ3n) is 4.37. The molecule has 0 spiro atoms. The van der Waals surface area contributed by atoms with Crippen molar-refractivity contribution in [3.05, 3.63) is 35.9 Å². The molecule has 2 aliphatic heterocycles. The predicted octanol–water partition coefficient (Wildman–Crippen LogP) is 2.02. The summed E-state index contributed by atoms with van der Waals surface area (Å²) in [6.07, 6.45) is 2.01. The average molecular weight is 309 g/mol. The summed E-state index contributed by atoms with van der Waals surface area (Å²) in [5, 5.41) is 2.24. The van der Waals surface area contributed by atoms with Crippen molar-refractivity contribution in [2.75, 3.05) is 0 Å². The van der Waals surface area contributed by atoms with E-state index in [1.165, 1.54) is 0 Å². The number of fused-ring (bicyclic) bond motifs is 2. The molecule has 0 aliphatic carbocycles. The molecule has 2 fully saturated rings. The summed E-state index contributed by atoms with van der Waals surface area (Å²) in [6, 6.07) is 9.37. The number of ether oxygens (including phenoxy) is 1. The molecule has 0 aromatic heterocycles. The van der Waals surface area contributed by atoms with Crippen molar-refractivity contribution in [1.29, 1.82) is 0 Å². The Labute approximate surface area is 124 Å². The zero-order valence-corrected chi connectivity index (χ0v) is 12.5. The van der Waals surface area contributed by atoms with E-state index in [0.717, 1.165) is 18.4 Å². The number of hydrogen-bond donors (Lipinski definition) is 1. The molecular formula is C15H19NO4S. The fraction of sp³-hybridized carbons (Fsp3) is 0.533. The van der Waals surface area contributed by atoms with Gasteiger partial charge in [0.2, 0.25) is 0 Å². The van der Waals surface area contributed by atoms with Gasteiger partial charge in [-0.3, -0.25) is 0 Å². The van der Waals surface area contributed by atoms with Crippen LogP contribution in [0.3, 0.4) is 0 Å². The van der Waals surface area contributed by atoms with E-state index >= 15 is 0 Å². The molecule has 1 aromatic carbocycles. The number of benzene rings is 1. The molecule has 0 saturated carbocycles. The van der Waals surface area contributed by atoms with Crippen LogP contribution in [0.5, 0.6) is 0 Å². The zero-order chi connectivity index (χ0) is 14.9. The summed E-state index contributed by atoms with van der Waals surface area (Å²) in [7, 11) is -2.95. The zero-order valence-electron chi connectivity index (χ0n) is 11.7. The Hall–Kier alpha value is -1.56. The van der Waals surface area contributed by atoms with E-state index in [2.05, 4.69) is 5.32 Å². The summed E-state index contributed by atoms with van der Waals surface area (Å²) in [6.45, 7) is 0.227. The number of rotatable bonds is 3. The Morgan fingerprint density at radius 3 is 2.38 bits per heavy atom. The Morgan fingerprint density at radius 2 is 1.76 bits per heavy atom. The molecule has 2 atom stereocenters. The van der Waals surface area contributed by atoms with Crippen molar-refractivity contribution in [1.82, 2.24) is 5.32 Å². The molecule has 5 nitrogen and oxygen atoms in total. The maximum atomic E-state index is 12.0. The number of hydrogen-bond acceptors (Lipinski definition) is 4. The summed E-state index contributed by atoms with van der Waals surface area (Å²) in [5.41, 5.74) is 0.930. The minimum Gasteiger partial charge on any atom is -0.445 e. The lowest BCUT2D eigenvalue weighted by Crippen LogP contribution is -2.45. The highest BCUT2D eigenvalue weighted by molar-refractivity contribution is 7.93. The van der Waals surface area contributed by atoms with Crippen molar-refractivity contribution in [2.45, 2.75) is 48.8 Å². The quantitative estimate of drug-likeness (QED) is 0.927. The van der Waals surface area contributed by atoms with Crippen LogP contribution in [0.2, 0.25) is 0 Å². The fourth-order valence-electron chi connectivity index (χ4n) is 3.26. The SMILES string of the molecule is O=C(NC1CC2CCC(C1)S2(=O)=O)OCc1ccccc1. The first kappa shape index (κ1) is 14.4. The van der Waals surface area contributed by atoms with Gasteiger partial charge in [0.15, 0.2) is 9.84 Å². The van der Waals surface area contributed by atoms with Crippen molar-refractivity contribution >= 4 is 15.9 Å². The van der Waals surface area contributed by atoms with Crippen molar-refractivity contribution < 1.29 is 17.9 Å². The number of nitrogens with one attached hydrogen (secondary N) is 1. The summed E-state index contributed by atoms with van der Waals surface area (Å²) < 4.78 is 29.1. The number of amides is 1. The lowest BCUT2D eigenvalue weighted by Gasteiger charge is -2.28. The van der Waals surface area contributed by atoms with Crippen LogP contribution < -0.4 is 5.32 Å². The van der Waals surface area contributed by atoms with Gasteiger partial charge in [0, 0.05) is 6.04 Å². The van der Waals surface area contributed by atoms with Gasteiger partial charge in [-0.25, -0.2) is 13.2 Å². The van der Waals surface area contributed by atoms with E-state index in [9.17, 15) is 13.2 Å². The van der Waals surface area contributed by atoms with Crippen LogP contribution in [0.1, 0.15) is 31.2 Å². The first-order chi connectivity index (χ1) is 10.1.